The second-order valence-electron chi connectivity index (χ2n) is 4.64. The smallest absolute Gasteiger partial charge is 0.435 e. The SMILES string of the molecule is CCOC(=O)[C@@H]1[C@H]2O[C@H]2ON1C(=O)OCc1ccccc1. The van der Waals surface area contributed by atoms with Gasteiger partial charge < -0.3 is 14.2 Å². The molecule has 112 valence electrons. The van der Waals surface area contributed by atoms with E-state index in [9.17, 15) is 9.59 Å². The van der Waals surface area contributed by atoms with Gasteiger partial charge in [-0.25, -0.2) is 14.4 Å². The van der Waals surface area contributed by atoms with Crippen LogP contribution in [0.1, 0.15) is 12.5 Å². The molecular weight excluding hydrogens is 278 g/mol. The fourth-order valence-corrected chi connectivity index (χ4v) is 2.13. The van der Waals surface area contributed by atoms with Crippen LogP contribution in [-0.4, -0.2) is 42.2 Å². The van der Waals surface area contributed by atoms with Gasteiger partial charge in [0.1, 0.15) is 12.7 Å². The molecule has 3 atom stereocenters. The van der Waals surface area contributed by atoms with Crippen molar-refractivity contribution in [1.29, 1.82) is 0 Å². The van der Waals surface area contributed by atoms with E-state index >= 15 is 0 Å². The minimum absolute atomic E-state index is 0.102. The van der Waals surface area contributed by atoms with E-state index in [0.717, 1.165) is 10.6 Å². The van der Waals surface area contributed by atoms with E-state index in [4.69, 9.17) is 19.0 Å². The van der Waals surface area contributed by atoms with Crippen molar-refractivity contribution in [3.05, 3.63) is 35.9 Å². The summed E-state index contributed by atoms with van der Waals surface area (Å²) in [7, 11) is 0. The normalized spacial score (nSPS) is 26.1. The van der Waals surface area contributed by atoms with Crippen molar-refractivity contribution >= 4 is 12.1 Å². The quantitative estimate of drug-likeness (QED) is 0.613. The van der Waals surface area contributed by atoms with Gasteiger partial charge in [-0.3, -0.25) is 0 Å². The van der Waals surface area contributed by atoms with E-state index in [2.05, 4.69) is 0 Å². The lowest BCUT2D eigenvalue weighted by molar-refractivity contribution is -0.196. The molecule has 0 unspecified atom stereocenters. The molecule has 0 bridgehead atoms. The van der Waals surface area contributed by atoms with E-state index in [1.807, 2.05) is 30.3 Å². The second kappa shape index (κ2) is 5.71. The number of amides is 1. The summed E-state index contributed by atoms with van der Waals surface area (Å²) < 4.78 is 15.2. The zero-order chi connectivity index (χ0) is 14.8. The van der Waals surface area contributed by atoms with Crippen molar-refractivity contribution in [2.45, 2.75) is 32.0 Å². The van der Waals surface area contributed by atoms with Gasteiger partial charge in [-0.15, -0.1) is 0 Å². The average Bonchev–Trinajstić information content (AvgIpc) is 3.16. The third-order valence-corrected chi connectivity index (χ3v) is 3.18. The molecule has 3 rings (SSSR count). The minimum Gasteiger partial charge on any atom is -0.464 e. The number of hydrogen-bond donors (Lipinski definition) is 0. The zero-order valence-electron chi connectivity index (χ0n) is 11.4. The molecule has 0 radical (unpaired) electrons. The molecule has 0 saturated carbocycles. The Morgan fingerprint density at radius 1 is 1.24 bits per heavy atom. The van der Waals surface area contributed by atoms with Gasteiger partial charge in [-0.2, -0.15) is 5.06 Å². The predicted octanol–water partition coefficient (Wildman–Crippen LogP) is 1.23. The molecule has 2 saturated heterocycles. The summed E-state index contributed by atoms with van der Waals surface area (Å²) >= 11 is 0. The molecule has 2 aliphatic heterocycles. The van der Waals surface area contributed by atoms with Gasteiger partial charge in [0.15, 0.2) is 6.04 Å². The van der Waals surface area contributed by atoms with Gasteiger partial charge in [0.25, 0.3) is 0 Å². The van der Waals surface area contributed by atoms with Gasteiger partial charge >= 0.3 is 12.1 Å². The Morgan fingerprint density at radius 3 is 2.71 bits per heavy atom. The summed E-state index contributed by atoms with van der Waals surface area (Å²) in [6.07, 6.45) is -1.76. The summed E-state index contributed by atoms with van der Waals surface area (Å²) in [5.74, 6) is -0.556. The molecule has 21 heavy (non-hydrogen) atoms. The Labute approximate surface area is 121 Å². The van der Waals surface area contributed by atoms with Crippen LogP contribution in [-0.2, 0) is 30.4 Å². The van der Waals surface area contributed by atoms with Crippen LogP contribution in [0.4, 0.5) is 4.79 Å². The highest BCUT2D eigenvalue weighted by Crippen LogP contribution is 2.38. The number of nitrogens with zero attached hydrogens (tertiary/aromatic N) is 1. The monoisotopic (exact) mass is 293 g/mol. The van der Waals surface area contributed by atoms with Gasteiger partial charge in [-0.1, -0.05) is 30.3 Å². The lowest BCUT2D eigenvalue weighted by atomic mass is 10.2. The number of hydrogen-bond acceptors (Lipinski definition) is 6. The standard InChI is InChI=1S/C14H15NO6/c1-2-18-12(16)10-11-13(20-11)21-15(10)14(17)19-8-9-6-4-3-5-7-9/h3-7,10-11,13H,2,8H2,1H3/t10-,11+,13-/m0/s1. The minimum atomic E-state index is -0.904. The Kier molecular flexibility index (Phi) is 3.76. The Balaban J connectivity index is 1.60. The molecule has 2 fully saturated rings. The number of benzene rings is 1. The van der Waals surface area contributed by atoms with E-state index in [1.54, 1.807) is 6.92 Å². The predicted molar refractivity (Wildman–Crippen MR) is 68.6 cm³/mol. The zero-order valence-corrected chi connectivity index (χ0v) is 11.4. The number of hydroxylamine groups is 2. The highest BCUT2D eigenvalue weighted by atomic mass is 16.9. The Morgan fingerprint density at radius 2 is 2.00 bits per heavy atom. The van der Waals surface area contributed by atoms with E-state index in [1.165, 1.54) is 0 Å². The number of rotatable bonds is 4. The molecule has 1 aromatic rings. The van der Waals surface area contributed by atoms with E-state index < -0.39 is 30.5 Å². The van der Waals surface area contributed by atoms with Crippen LogP contribution in [0.15, 0.2) is 30.3 Å². The molecule has 0 N–H and O–H groups in total. The fraction of sp³-hybridized carbons (Fsp3) is 0.429. The Bertz CT molecular complexity index is 534. The van der Waals surface area contributed by atoms with Crippen molar-refractivity contribution < 1.29 is 28.6 Å². The third kappa shape index (κ3) is 2.84. The second-order valence-corrected chi connectivity index (χ2v) is 4.64. The van der Waals surface area contributed by atoms with Crippen molar-refractivity contribution in [2.24, 2.45) is 0 Å². The van der Waals surface area contributed by atoms with Gasteiger partial charge in [0.05, 0.1) is 6.61 Å². The van der Waals surface area contributed by atoms with Crippen molar-refractivity contribution in [3.8, 4) is 0 Å². The molecule has 0 aliphatic carbocycles. The lowest BCUT2D eigenvalue weighted by Crippen LogP contribution is -2.45. The molecule has 7 nitrogen and oxygen atoms in total. The van der Waals surface area contributed by atoms with Gasteiger partial charge in [0, 0.05) is 0 Å². The van der Waals surface area contributed by atoms with Crippen LogP contribution >= 0.6 is 0 Å². The van der Waals surface area contributed by atoms with Gasteiger partial charge in [-0.05, 0) is 12.5 Å². The molecule has 1 amide bonds. The number of ether oxygens (including phenoxy) is 3. The van der Waals surface area contributed by atoms with Crippen molar-refractivity contribution in [3.63, 3.8) is 0 Å². The number of fused-ring (bicyclic) bond motifs is 1. The third-order valence-electron chi connectivity index (χ3n) is 3.18. The summed E-state index contributed by atoms with van der Waals surface area (Å²) in [4.78, 5) is 29.1. The highest BCUT2D eigenvalue weighted by molar-refractivity contribution is 5.82. The average molecular weight is 293 g/mol. The van der Waals surface area contributed by atoms with Crippen LogP contribution in [0.2, 0.25) is 0 Å². The first-order chi connectivity index (χ1) is 10.2. The van der Waals surface area contributed by atoms with Crippen LogP contribution in [0.3, 0.4) is 0 Å². The van der Waals surface area contributed by atoms with Crippen LogP contribution in [0, 0.1) is 0 Å². The molecule has 1 aromatic carbocycles. The maximum absolute atomic E-state index is 12.0. The van der Waals surface area contributed by atoms with Crippen LogP contribution in [0.5, 0.6) is 0 Å². The summed E-state index contributed by atoms with van der Waals surface area (Å²) in [6, 6.07) is 8.33. The van der Waals surface area contributed by atoms with Crippen LogP contribution < -0.4 is 0 Å². The summed E-state index contributed by atoms with van der Waals surface area (Å²) in [5.41, 5.74) is 0.846. The highest BCUT2D eigenvalue weighted by Gasteiger charge is 2.63. The van der Waals surface area contributed by atoms with Crippen LogP contribution in [0.25, 0.3) is 0 Å². The maximum Gasteiger partial charge on any atom is 0.435 e. The molecule has 0 aromatic heterocycles. The summed E-state index contributed by atoms with van der Waals surface area (Å²) in [5, 5.41) is 0.903. The van der Waals surface area contributed by atoms with Crippen molar-refractivity contribution in [1.82, 2.24) is 5.06 Å². The Hall–Kier alpha value is -2.12. The molecule has 0 spiro atoms. The fourth-order valence-electron chi connectivity index (χ4n) is 2.13. The first kappa shape index (κ1) is 13.8. The first-order valence-corrected chi connectivity index (χ1v) is 6.69. The van der Waals surface area contributed by atoms with Crippen molar-refractivity contribution in [2.75, 3.05) is 6.61 Å². The number of carbonyl (C=O) groups is 2. The topological polar surface area (TPSA) is 77.6 Å². The van der Waals surface area contributed by atoms with E-state index in [0.29, 0.717) is 0 Å². The number of carbonyl (C=O) groups excluding carboxylic acids is 2. The first-order valence-electron chi connectivity index (χ1n) is 6.69. The molecular formula is C14H15NO6. The maximum atomic E-state index is 12.0. The number of esters is 1. The summed E-state index contributed by atoms with van der Waals surface area (Å²) in [6.45, 7) is 2.02. The molecule has 2 aliphatic rings. The molecule has 7 heteroatoms. The largest absolute Gasteiger partial charge is 0.464 e. The van der Waals surface area contributed by atoms with Gasteiger partial charge in [0.2, 0.25) is 6.29 Å². The molecule has 2 heterocycles. The number of epoxide rings is 1. The van der Waals surface area contributed by atoms with E-state index in [-0.39, 0.29) is 13.2 Å². The lowest BCUT2D eigenvalue weighted by Gasteiger charge is -2.22.